The Kier molecular flexibility index (Phi) is 5.43. The summed E-state index contributed by atoms with van der Waals surface area (Å²) >= 11 is 0. The largest absolute Gasteiger partial charge is 0.427 e. The molecule has 0 aromatic heterocycles. The van der Waals surface area contributed by atoms with E-state index in [4.69, 9.17) is 4.74 Å². The van der Waals surface area contributed by atoms with Crippen LogP contribution in [0.1, 0.15) is 66.4 Å². The zero-order valence-corrected chi connectivity index (χ0v) is 18.3. The third kappa shape index (κ3) is 3.71. The predicted molar refractivity (Wildman–Crippen MR) is 120 cm³/mol. The number of likely N-dealkylation sites (N-methyl/N-ethyl adjacent to an activating group) is 1. The molecule has 4 nitrogen and oxygen atoms in total. The van der Waals surface area contributed by atoms with Crippen molar-refractivity contribution in [3.05, 3.63) is 65.2 Å². The summed E-state index contributed by atoms with van der Waals surface area (Å²) in [6.07, 6.45) is 7.74. The number of carbonyl (C=O) groups excluding carboxylic acids is 2. The molecule has 1 saturated heterocycles. The standard InChI is InChI=1S/C27H31NO3/c1-28-16-15-27-14-6-5-9-22(27)24(28)17-20-10-11-21(18-23(20)27)31-26(30)13-12-25(29)19-7-3-2-4-8-19/h2-4,7-8,10-11,18,22,24H,5-6,9,12-17H2,1H3/t22-,24+,27+/m0/s1. The maximum Gasteiger partial charge on any atom is 0.311 e. The molecule has 2 aromatic carbocycles. The average Bonchev–Trinajstić information content (AvgIpc) is 2.80. The zero-order chi connectivity index (χ0) is 21.4. The van der Waals surface area contributed by atoms with Crippen LogP contribution in [0.5, 0.6) is 5.75 Å². The summed E-state index contributed by atoms with van der Waals surface area (Å²) in [7, 11) is 2.28. The van der Waals surface area contributed by atoms with Gasteiger partial charge in [-0.05, 0) is 68.5 Å². The van der Waals surface area contributed by atoms with Crippen molar-refractivity contribution in [1.82, 2.24) is 4.90 Å². The van der Waals surface area contributed by atoms with E-state index in [1.54, 1.807) is 12.1 Å². The van der Waals surface area contributed by atoms with Crippen molar-refractivity contribution in [3.8, 4) is 5.75 Å². The molecular formula is C27H31NO3. The Morgan fingerprint density at radius 3 is 2.74 bits per heavy atom. The highest BCUT2D eigenvalue weighted by molar-refractivity contribution is 5.97. The fourth-order valence-electron chi connectivity index (χ4n) is 6.41. The van der Waals surface area contributed by atoms with Crippen LogP contribution in [0.3, 0.4) is 0 Å². The SMILES string of the molecule is CN1CC[C@]23CCCC[C@H]2[C@H]1Cc1ccc(OC(=O)CCC(=O)c2ccccc2)cc13. The van der Waals surface area contributed by atoms with Gasteiger partial charge in [-0.3, -0.25) is 9.59 Å². The summed E-state index contributed by atoms with van der Waals surface area (Å²) < 4.78 is 5.70. The second kappa shape index (κ2) is 8.23. The Bertz CT molecular complexity index is 985. The number of likely N-dealkylation sites (tertiary alicyclic amines) is 1. The van der Waals surface area contributed by atoms with Gasteiger partial charge in [-0.2, -0.15) is 0 Å². The molecule has 31 heavy (non-hydrogen) atoms. The number of carbonyl (C=O) groups is 2. The lowest BCUT2D eigenvalue weighted by atomic mass is 9.52. The molecule has 3 aliphatic rings. The number of piperidine rings is 1. The summed E-state index contributed by atoms with van der Waals surface area (Å²) in [4.78, 5) is 27.3. The Hall–Kier alpha value is -2.46. The molecule has 5 rings (SSSR count). The molecule has 2 bridgehead atoms. The smallest absolute Gasteiger partial charge is 0.311 e. The van der Waals surface area contributed by atoms with Gasteiger partial charge in [0.2, 0.25) is 0 Å². The van der Waals surface area contributed by atoms with Gasteiger partial charge in [0.05, 0.1) is 6.42 Å². The van der Waals surface area contributed by atoms with Gasteiger partial charge in [0, 0.05) is 23.4 Å². The Morgan fingerprint density at radius 2 is 1.90 bits per heavy atom. The summed E-state index contributed by atoms with van der Waals surface area (Å²) in [5.41, 5.74) is 3.73. The lowest BCUT2D eigenvalue weighted by Gasteiger charge is -2.58. The van der Waals surface area contributed by atoms with Crippen LogP contribution in [-0.2, 0) is 16.6 Å². The van der Waals surface area contributed by atoms with Crippen LogP contribution < -0.4 is 4.74 Å². The lowest BCUT2D eigenvalue weighted by Crippen LogP contribution is -2.59. The molecule has 1 aliphatic heterocycles. The molecular weight excluding hydrogens is 386 g/mol. The number of ether oxygens (including phenoxy) is 1. The highest BCUT2D eigenvalue weighted by Gasteiger charge is 2.53. The van der Waals surface area contributed by atoms with E-state index in [0.29, 0.717) is 23.3 Å². The number of rotatable bonds is 5. The van der Waals surface area contributed by atoms with Crippen molar-refractivity contribution in [2.24, 2.45) is 5.92 Å². The van der Waals surface area contributed by atoms with Crippen molar-refractivity contribution in [2.45, 2.75) is 62.8 Å². The third-order valence-electron chi connectivity index (χ3n) is 7.97. The molecule has 2 aromatic rings. The van der Waals surface area contributed by atoms with E-state index in [1.807, 2.05) is 24.3 Å². The minimum absolute atomic E-state index is 0.0238. The average molecular weight is 418 g/mol. The number of fused-ring (bicyclic) bond motifs is 1. The minimum Gasteiger partial charge on any atom is -0.427 e. The van der Waals surface area contributed by atoms with E-state index in [9.17, 15) is 9.59 Å². The Morgan fingerprint density at radius 1 is 1.06 bits per heavy atom. The highest BCUT2D eigenvalue weighted by atomic mass is 16.5. The molecule has 2 aliphatic carbocycles. The molecule has 0 unspecified atom stereocenters. The van der Waals surface area contributed by atoms with Crippen LogP contribution >= 0.6 is 0 Å². The monoisotopic (exact) mass is 417 g/mol. The minimum atomic E-state index is -0.334. The first-order chi connectivity index (χ1) is 15.1. The Labute approximate surface area is 184 Å². The molecule has 0 amide bonds. The summed E-state index contributed by atoms with van der Waals surface area (Å²) in [5, 5.41) is 0. The van der Waals surface area contributed by atoms with E-state index in [-0.39, 0.29) is 30.0 Å². The fourth-order valence-corrected chi connectivity index (χ4v) is 6.41. The van der Waals surface area contributed by atoms with Crippen LogP contribution in [0.25, 0.3) is 0 Å². The van der Waals surface area contributed by atoms with Crippen LogP contribution in [0.2, 0.25) is 0 Å². The second-order valence-electron chi connectivity index (χ2n) is 9.59. The van der Waals surface area contributed by atoms with Crippen LogP contribution in [-0.4, -0.2) is 36.3 Å². The number of benzene rings is 2. The normalized spacial score (nSPS) is 27.1. The van der Waals surface area contributed by atoms with Gasteiger partial charge in [0.15, 0.2) is 5.78 Å². The van der Waals surface area contributed by atoms with Crippen LogP contribution in [0.4, 0.5) is 0 Å². The first kappa shape index (κ1) is 20.4. The second-order valence-corrected chi connectivity index (χ2v) is 9.59. The van der Waals surface area contributed by atoms with Gasteiger partial charge in [-0.1, -0.05) is 49.2 Å². The maximum atomic E-state index is 12.5. The van der Waals surface area contributed by atoms with Crippen molar-refractivity contribution in [1.29, 1.82) is 0 Å². The molecule has 2 fully saturated rings. The summed E-state index contributed by atoms with van der Waals surface area (Å²) in [6, 6.07) is 16.0. The molecule has 0 spiro atoms. The molecule has 4 heteroatoms. The molecule has 1 saturated carbocycles. The quantitative estimate of drug-likeness (QED) is 0.393. The van der Waals surface area contributed by atoms with Crippen LogP contribution in [0, 0.1) is 5.92 Å². The van der Waals surface area contributed by atoms with Crippen molar-refractivity contribution >= 4 is 11.8 Å². The van der Waals surface area contributed by atoms with Gasteiger partial charge < -0.3 is 9.64 Å². The topological polar surface area (TPSA) is 46.6 Å². The number of ketones is 1. The van der Waals surface area contributed by atoms with E-state index >= 15 is 0 Å². The first-order valence-corrected chi connectivity index (χ1v) is 11.7. The molecule has 3 atom stereocenters. The highest BCUT2D eigenvalue weighted by Crippen LogP contribution is 2.55. The van der Waals surface area contributed by atoms with Crippen molar-refractivity contribution < 1.29 is 14.3 Å². The van der Waals surface area contributed by atoms with Crippen LogP contribution in [0.15, 0.2) is 48.5 Å². The van der Waals surface area contributed by atoms with Gasteiger partial charge in [0.1, 0.15) is 5.75 Å². The van der Waals surface area contributed by atoms with Crippen molar-refractivity contribution in [2.75, 3.05) is 13.6 Å². The summed E-state index contributed by atoms with van der Waals surface area (Å²) in [5.74, 6) is 0.984. The summed E-state index contributed by atoms with van der Waals surface area (Å²) in [6.45, 7) is 1.15. The molecule has 1 heterocycles. The van der Waals surface area contributed by atoms with E-state index in [2.05, 4.69) is 24.1 Å². The maximum absolute atomic E-state index is 12.5. The van der Waals surface area contributed by atoms with Gasteiger partial charge in [-0.15, -0.1) is 0 Å². The van der Waals surface area contributed by atoms with Gasteiger partial charge in [0.25, 0.3) is 0 Å². The van der Waals surface area contributed by atoms with Crippen molar-refractivity contribution in [3.63, 3.8) is 0 Å². The number of nitrogens with zero attached hydrogens (tertiary/aromatic N) is 1. The van der Waals surface area contributed by atoms with Gasteiger partial charge in [-0.25, -0.2) is 0 Å². The lowest BCUT2D eigenvalue weighted by molar-refractivity contribution is -0.134. The van der Waals surface area contributed by atoms with Gasteiger partial charge >= 0.3 is 5.97 Å². The number of hydrogen-bond donors (Lipinski definition) is 0. The zero-order valence-electron chi connectivity index (χ0n) is 18.3. The molecule has 0 radical (unpaired) electrons. The number of Topliss-reactive ketones (excluding diaryl/α,β-unsaturated/α-hetero) is 1. The Balaban J connectivity index is 1.31. The van der Waals surface area contributed by atoms with E-state index in [1.165, 1.54) is 43.2 Å². The van der Waals surface area contributed by atoms with E-state index in [0.717, 1.165) is 13.0 Å². The first-order valence-electron chi connectivity index (χ1n) is 11.7. The number of hydrogen-bond acceptors (Lipinski definition) is 4. The van der Waals surface area contributed by atoms with E-state index < -0.39 is 0 Å². The molecule has 0 N–H and O–H groups in total. The molecule has 162 valence electrons. The fraction of sp³-hybridized carbons (Fsp3) is 0.481. The number of esters is 1. The predicted octanol–water partition coefficient (Wildman–Crippen LogP) is 4.94. The third-order valence-corrected chi connectivity index (χ3v) is 7.97.